The van der Waals surface area contributed by atoms with Gasteiger partial charge in [0.1, 0.15) is 10.6 Å². The SMILES string of the molecule is CN(C)S(=O)(=O)c1ccc(C(=O)NC(C#N)=C(Cl)Cl)cc1. The smallest absolute Gasteiger partial charge is 0.256 e. The Morgan fingerprint density at radius 3 is 2.14 bits per heavy atom. The van der Waals surface area contributed by atoms with E-state index in [1.54, 1.807) is 6.07 Å². The Kier molecular flexibility index (Phi) is 5.75. The number of nitrogens with one attached hydrogen (secondary N) is 1. The number of hydrogen-bond donors (Lipinski definition) is 1. The van der Waals surface area contributed by atoms with Gasteiger partial charge in [0.15, 0.2) is 5.70 Å². The molecule has 0 unspecified atom stereocenters. The minimum atomic E-state index is -3.56. The molecule has 0 aliphatic carbocycles. The molecule has 0 heterocycles. The Morgan fingerprint density at radius 2 is 1.76 bits per heavy atom. The van der Waals surface area contributed by atoms with Gasteiger partial charge in [-0.15, -0.1) is 0 Å². The number of rotatable bonds is 4. The van der Waals surface area contributed by atoms with E-state index in [0.29, 0.717) is 0 Å². The lowest BCUT2D eigenvalue weighted by molar-refractivity contribution is 0.0967. The number of nitriles is 1. The van der Waals surface area contributed by atoms with E-state index in [2.05, 4.69) is 5.32 Å². The van der Waals surface area contributed by atoms with Crippen LogP contribution in [0.1, 0.15) is 10.4 Å². The Labute approximate surface area is 132 Å². The number of sulfonamides is 1. The summed E-state index contributed by atoms with van der Waals surface area (Å²) in [6.07, 6.45) is 0. The van der Waals surface area contributed by atoms with Crippen LogP contribution in [0, 0.1) is 11.3 Å². The molecule has 0 radical (unpaired) electrons. The van der Waals surface area contributed by atoms with E-state index in [-0.39, 0.29) is 20.6 Å². The van der Waals surface area contributed by atoms with Gasteiger partial charge in [-0.3, -0.25) is 4.79 Å². The van der Waals surface area contributed by atoms with Crippen molar-refractivity contribution in [2.45, 2.75) is 4.90 Å². The highest BCUT2D eigenvalue weighted by Crippen LogP contribution is 2.15. The molecule has 6 nitrogen and oxygen atoms in total. The fourth-order valence-electron chi connectivity index (χ4n) is 1.29. The van der Waals surface area contributed by atoms with Crippen molar-refractivity contribution < 1.29 is 13.2 Å². The Morgan fingerprint density at radius 1 is 1.24 bits per heavy atom. The van der Waals surface area contributed by atoms with Crippen LogP contribution in [0.2, 0.25) is 0 Å². The number of nitrogens with zero attached hydrogens (tertiary/aromatic N) is 2. The fraction of sp³-hybridized carbons (Fsp3) is 0.167. The highest BCUT2D eigenvalue weighted by molar-refractivity contribution is 7.89. The average molecular weight is 348 g/mol. The molecular formula is C12H11Cl2N3O3S. The standard InChI is InChI=1S/C12H11Cl2N3O3S/c1-17(2)21(19,20)9-5-3-8(4-6-9)12(18)16-10(7-15)11(13)14/h3-6H,1-2H3,(H,16,18). The molecule has 1 rings (SSSR count). The molecule has 0 fully saturated rings. The van der Waals surface area contributed by atoms with Gasteiger partial charge in [0.2, 0.25) is 10.0 Å². The monoisotopic (exact) mass is 347 g/mol. The third-order valence-corrected chi connectivity index (χ3v) is 4.64. The maximum absolute atomic E-state index is 11.9. The van der Waals surface area contributed by atoms with E-state index in [1.807, 2.05) is 0 Å². The number of carbonyl (C=O) groups excluding carboxylic acids is 1. The lowest BCUT2D eigenvalue weighted by Crippen LogP contribution is -2.24. The molecule has 1 amide bonds. The summed E-state index contributed by atoms with van der Waals surface area (Å²) in [7, 11) is -0.752. The molecule has 0 spiro atoms. The van der Waals surface area contributed by atoms with E-state index >= 15 is 0 Å². The second kappa shape index (κ2) is 6.91. The first kappa shape index (κ1) is 17.5. The minimum absolute atomic E-state index is 0.0514. The summed E-state index contributed by atoms with van der Waals surface area (Å²) in [5.41, 5.74) is -0.122. The van der Waals surface area contributed by atoms with E-state index < -0.39 is 15.9 Å². The number of allylic oxidation sites excluding steroid dienone is 1. The molecule has 0 aliphatic rings. The second-order valence-electron chi connectivity index (χ2n) is 4.01. The first-order chi connectivity index (χ1) is 9.70. The second-order valence-corrected chi connectivity index (χ2v) is 7.11. The van der Waals surface area contributed by atoms with Crippen molar-refractivity contribution >= 4 is 39.1 Å². The van der Waals surface area contributed by atoms with Crippen LogP contribution >= 0.6 is 23.2 Å². The summed E-state index contributed by atoms with van der Waals surface area (Å²) in [4.78, 5) is 11.9. The van der Waals surface area contributed by atoms with E-state index in [9.17, 15) is 13.2 Å². The average Bonchev–Trinajstić information content (AvgIpc) is 2.44. The molecule has 0 aliphatic heterocycles. The van der Waals surface area contributed by atoms with Crippen molar-refractivity contribution in [3.05, 3.63) is 40.0 Å². The van der Waals surface area contributed by atoms with Crippen molar-refractivity contribution in [2.75, 3.05) is 14.1 Å². The zero-order valence-electron chi connectivity index (χ0n) is 11.1. The van der Waals surface area contributed by atoms with E-state index in [0.717, 1.165) is 4.31 Å². The van der Waals surface area contributed by atoms with E-state index in [1.165, 1.54) is 38.4 Å². The third-order valence-electron chi connectivity index (χ3n) is 2.43. The van der Waals surface area contributed by atoms with Crippen molar-refractivity contribution in [1.82, 2.24) is 9.62 Å². The zero-order valence-corrected chi connectivity index (χ0v) is 13.4. The van der Waals surface area contributed by atoms with Crippen LogP contribution in [0.4, 0.5) is 0 Å². The van der Waals surface area contributed by atoms with Gasteiger partial charge in [0.05, 0.1) is 4.90 Å². The van der Waals surface area contributed by atoms with Crippen molar-refractivity contribution in [1.29, 1.82) is 5.26 Å². The van der Waals surface area contributed by atoms with Crippen LogP contribution < -0.4 is 5.32 Å². The molecule has 0 aromatic heterocycles. The first-order valence-corrected chi connectivity index (χ1v) is 7.69. The largest absolute Gasteiger partial charge is 0.311 e. The topological polar surface area (TPSA) is 90.3 Å². The lowest BCUT2D eigenvalue weighted by Gasteiger charge is -2.11. The van der Waals surface area contributed by atoms with Crippen LogP contribution in [0.15, 0.2) is 39.3 Å². The number of amides is 1. The molecule has 1 aromatic carbocycles. The molecule has 0 atom stereocenters. The fourth-order valence-corrected chi connectivity index (χ4v) is 2.37. The molecule has 112 valence electrons. The maximum Gasteiger partial charge on any atom is 0.256 e. The Hall–Kier alpha value is -1.59. The van der Waals surface area contributed by atoms with Crippen LogP contribution in [0.3, 0.4) is 0 Å². The number of halogens is 2. The minimum Gasteiger partial charge on any atom is -0.311 e. The van der Waals surface area contributed by atoms with Crippen molar-refractivity contribution in [3.8, 4) is 6.07 Å². The predicted molar refractivity (Wildman–Crippen MR) is 79.1 cm³/mol. The van der Waals surface area contributed by atoms with Gasteiger partial charge in [-0.05, 0) is 24.3 Å². The van der Waals surface area contributed by atoms with Gasteiger partial charge < -0.3 is 5.32 Å². The molecule has 1 aromatic rings. The molecular weight excluding hydrogens is 337 g/mol. The highest BCUT2D eigenvalue weighted by Gasteiger charge is 2.18. The van der Waals surface area contributed by atoms with Crippen LogP contribution in [-0.2, 0) is 10.0 Å². The van der Waals surface area contributed by atoms with Crippen LogP contribution in [0.25, 0.3) is 0 Å². The van der Waals surface area contributed by atoms with Gasteiger partial charge in [-0.1, -0.05) is 23.2 Å². The summed E-state index contributed by atoms with van der Waals surface area (Å²) in [6.45, 7) is 0. The molecule has 0 saturated heterocycles. The third kappa shape index (κ3) is 4.19. The van der Waals surface area contributed by atoms with Gasteiger partial charge in [0.25, 0.3) is 5.91 Å². The Bertz CT molecular complexity index is 715. The molecule has 1 N–H and O–H groups in total. The summed E-state index contributed by atoms with van der Waals surface area (Å²) >= 11 is 10.8. The molecule has 0 saturated carbocycles. The Balaban J connectivity index is 3.02. The summed E-state index contributed by atoms with van der Waals surface area (Å²) in [5, 5.41) is 10.9. The van der Waals surface area contributed by atoms with Crippen LogP contribution in [0.5, 0.6) is 0 Å². The molecule has 21 heavy (non-hydrogen) atoms. The highest BCUT2D eigenvalue weighted by atomic mass is 35.5. The quantitative estimate of drug-likeness (QED) is 0.841. The number of carbonyl (C=O) groups is 1. The lowest BCUT2D eigenvalue weighted by atomic mass is 10.2. The van der Waals surface area contributed by atoms with Gasteiger partial charge in [-0.2, -0.15) is 5.26 Å². The maximum atomic E-state index is 11.9. The van der Waals surface area contributed by atoms with Crippen molar-refractivity contribution in [3.63, 3.8) is 0 Å². The van der Waals surface area contributed by atoms with Gasteiger partial charge in [0, 0.05) is 19.7 Å². The normalized spacial score (nSPS) is 10.9. The zero-order chi connectivity index (χ0) is 16.2. The molecule has 0 bridgehead atoms. The number of hydrogen-bond acceptors (Lipinski definition) is 4. The molecule has 9 heteroatoms. The van der Waals surface area contributed by atoms with Gasteiger partial charge >= 0.3 is 0 Å². The summed E-state index contributed by atoms with van der Waals surface area (Å²) in [5.74, 6) is -0.626. The first-order valence-electron chi connectivity index (χ1n) is 5.49. The van der Waals surface area contributed by atoms with Crippen LogP contribution in [-0.4, -0.2) is 32.7 Å². The van der Waals surface area contributed by atoms with Gasteiger partial charge in [-0.25, -0.2) is 12.7 Å². The number of benzene rings is 1. The summed E-state index contributed by atoms with van der Waals surface area (Å²) in [6, 6.07) is 6.87. The van der Waals surface area contributed by atoms with Crippen molar-refractivity contribution in [2.24, 2.45) is 0 Å². The van der Waals surface area contributed by atoms with E-state index in [4.69, 9.17) is 28.5 Å². The summed E-state index contributed by atoms with van der Waals surface area (Å²) < 4.78 is 24.4. The predicted octanol–water partition coefficient (Wildman–Crippen LogP) is 1.84.